The Bertz CT molecular complexity index is 808. The van der Waals surface area contributed by atoms with Gasteiger partial charge in [-0.05, 0) is 64.1 Å². The largest absolute Gasteiger partial charge is 0.347 e. The molecule has 0 spiro atoms. The van der Waals surface area contributed by atoms with Crippen LogP contribution in [0.3, 0.4) is 0 Å². The normalized spacial score (nSPS) is 18.9. The van der Waals surface area contributed by atoms with E-state index in [1.165, 1.54) is 16.8 Å². The number of halogens is 1. The van der Waals surface area contributed by atoms with Gasteiger partial charge in [0.05, 0.1) is 5.69 Å². The first-order valence-electron chi connectivity index (χ1n) is 9.33. The molecule has 0 saturated carbocycles. The van der Waals surface area contributed by atoms with E-state index in [0.29, 0.717) is 5.69 Å². The van der Waals surface area contributed by atoms with E-state index in [1.807, 2.05) is 4.68 Å². The van der Waals surface area contributed by atoms with E-state index in [2.05, 4.69) is 42.7 Å². The third kappa shape index (κ3) is 3.51. The fourth-order valence-corrected chi connectivity index (χ4v) is 4.09. The Morgan fingerprint density at radius 1 is 1.27 bits per heavy atom. The first-order chi connectivity index (χ1) is 12.1. The van der Waals surface area contributed by atoms with Gasteiger partial charge in [0.1, 0.15) is 0 Å². The molecular weight excluding hydrogens is 348 g/mol. The van der Waals surface area contributed by atoms with Crippen LogP contribution in [0.1, 0.15) is 52.1 Å². The molecule has 2 N–H and O–H groups in total. The Labute approximate surface area is 161 Å². The van der Waals surface area contributed by atoms with Crippen LogP contribution in [0.15, 0.2) is 18.2 Å². The van der Waals surface area contributed by atoms with Crippen molar-refractivity contribution in [3.8, 4) is 5.69 Å². The number of hydrogen-bond acceptors (Lipinski definition) is 3. The van der Waals surface area contributed by atoms with Gasteiger partial charge < -0.3 is 10.6 Å². The fraction of sp³-hybridized carbons (Fsp3) is 0.500. The third-order valence-corrected chi connectivity index (χ3v) is 5.36. The second kappa shape index (κ2) is 7.80. The van der Waals surface area contributed by atoms with Crippen molar-refractivity contribution in [2.45, 2.75) is 52.0 Å². The van der Waals surface area contributed by atoms with Gasteiger partial charge in [-0.3, -0.25) is 4.79 Å². The van der Waals surface area contributed by atoms with Gasteiger partial charge in [-0.2, -0.15) is 5.10 Å². The number of aromatic nitrogens is 2. The molecule has 2 aromatic rings. The molecule has 1 atom stereocenters. The van der Waals surface area contributed by atoms with Crippen LogP contribution in [0.5, 0.6) is 0 Å². The highest BCUT2D eigenvalue weighted by molar-refractivity contribution is 5.94. The molecule has 5 nitrogen and oxygen atoms in total. The summed E-state index contributed by atoms with van der Waals surface area (Å²) in [6.45, 7) is 6.11. The molecule has 26 heavy (non-hydrogen) atoms. The monoisotopic (exact) mass is 374 g/mol. The maximum Gasteiger partial charge on any atom is 0.272 e. The molecule has 0 bridgehead atoms. The number of amides is 1. The summed E-state index contributed by atoms with van der Waals surface area (Å²) in [6.07, 6.45) is 5.20. The van der Waals surface area contributed by atoms with Gasteiger partial charge in [-0.1, -0.05) is 17.7 Å². The zero-order chi connectivity index (χ0) is 17.4. The number of nitrogens with zero attached hydrogens (tertiary/aromatic N) is 2. The standard InChI is InChI=1S/C20H26N4O.ClH/c1-13-8-9-17(14(2)11-13)24-18-7-3-6-16(18)19(23-24)20(25)22-15-5-4-10-21-12-15;/h8-9,11,15,21H,3-7,10,12H2,1-2H3,(H,22,25);1H. The van der Waals surface area contributed by atoms with Crippen LogP contribution >= 0.6 is 12.4 Å². The number of carbonyl (C=O) groups excluding carboxylic acids is 1. The molecule has 1 aliphatic carbocycles. The van der Waals surface area contributed by atoms with Crippen LogP contribution in [0.25, 0.3) is 5.69 Å². The van der Waals surface area contributed by atoms with Crippen molar-refractivity contribution in [1.29, 1.82) is 0 Å². The summed E-state index contributed by atoms with van der Waals surface area (Å²) in [5.74, 6) is -0.0182. The Morgan fingerprint density at radius 3 is 2.85 bits per heavy atom. The van der Waals surface area contributed by atoms with Gasteiger partial charge in [0.25, 0.3) is 5.91 Å². The number of benzene rings is 1. The minimum absolute atomic E-state index is 0. The second-order valence-electron chi connectivity index (χ2n) is 7.35. The lowest BCUT2D eigenvalue weighted by atomic mass is 10.1. The molecule has 2 aliphatic rings. The molecule has 4 rings (SSSR count). The molecule has 140 valence electrons. The summed E-state index contributed by atoms with van der Waals surface area (Å²) in [4.78, 5) is 12.8. The van der Waals surface area contributed by atoms with Gasteiger partial charge in [-0.15, -0.1) is 12.4 Å². The number of rotatable bonds is 3. The first kappa shape index (κ1) is 18.9. The molecule has 1 amide bonds. The molecular formula is C20H27ClN4O. The summed E-state index contributed by atoms with van der Waals surface area (Å²) in [6, 6.07) is 6.61. The van der Waals surface area contributed by atoms with E-state index in [0.717, 1.165) is 56.4 Å². The van der Waals surface area contributed by atoms with Gasteiger partial charge in [0, 0.05) is 23.8 Å². The van der Waals surface area contributed by atoms with Crippen molar-refractivity contribution in [2.75, 3.05) is 13.1 Å². The van der Waals surface area contributed by atoms with E-state index in [1.54, 1.807) is 0 Å². The quantitative estimate of drug-likeness (QED) is 0.868. The number of piperidine rings is 1. The van der Waals surface area contributed by atoms with Crippen LogP contribution in [-0.2, 0) is 12.8 Å². The van der Waals surface area contributed by atoms with Crippen molar-refractivity contribution in [3.63, 3.8) is 0 Å². The fourth-order valence-electron chi connectivity index (χ4n) is 4.09. The van der Waals surface area contributed by atoms with Crippen molar-refractivity contribution >= 4 is 18.3 Å². The summed E-state index contributed by atoms with van der Waals surface area (Å²) >= 11 is 0. The van der Waals surface area contributed by atoms with Crippen molar-refractivity contribution in [1.82, 2.24) is 20.4 Å². The zero-order valence-electron chi connectivity index (χ0n) is 15.5. The van der Waals surface area contributed by atoms with Crippen LogP contribution in [0, 0.1) is 13.8 Å². The second-order valence-corrected chi connectivity index (χ2v) is 7.35. The highest BCUT2D eigenvalue weighted by Gasteiger charge is 2.28. The van der Waals surface area contributed by atoms with E-state index >= 15 is 0 Å². The number of carbonyl (C=O) groups is 1. The highest BCUT2D eigenvalue weighted by atomic mass is 35.5. The van der Waals surface area contributed by atoms with Crippen LogP contribution in [0.4, 0.5) is 0 Å². The smallest absolute Gasteiger partial charge is 0.272 e. The molecule has 6 heteroatoms. The molecule has 1 aromatic carbocycles. The highest BCUT2D eigenvalue weighted by Crippen LogP contribution is 2.29. The van der Waals surface area contributed by atoms with Gasteiger partial charge in [0.15, 0.2) is 5.69 Å². The van der Waals surface area contributed by atoms with Gasteiger partial charge in [0.2, 0.25) is 0 Å². The predicted molar refractivity (Wildman–Crippen MR) is 106 cm³/mol. The molecule has 1 unspecified atom stereocenters. The summed E-state index contributed by atoms with van der Waals surface area (Å²) in [7, 11) is 0. The average Bonchev–Trinajstić information content (AvgIpc) is 3.18. The van der Waals surface area contributed by atoms with Crippen LogP contribution in [0.2, 0.25) is 0 Å². The number of aryl methyl sites for hydroxylation is 2. The zero-order valence-corrected chi connectivity index (χ0v) is 16.3. The van der Waals surface area contributed by atoms with Crippen LogP contribution in [-0.4, -0.2) is 34.8 Å². The first-order valence-corrected chi connectivity index (χ1v) is 9.33. The van der Waals surface area contributed by atoms with Crippen molar-refractivity contribution < 1.29 is 4.79 Å². The molecule has 0 radical (unpaired) electrons. The summed E-state index contributed by atoms with van der Waals surface area (Å²) in [5, 5.41) is 11.3. The minimum atomic E-state index is -0.0182. The SMILES string of the molecule is Cc1ccc(-n2nc(C(=O)NC3CCCNC3)c3c2CCC3)c(C)c1.Cl. The van der Waals surface area contributed by atoms with Crippen LogP contribution < -0.4 is 10.6 Å². The minimum Gasteiger partial charge on any atom is -0.347 e. The molecule has 2 heterocycles. The van der Waals surface area contributed by atoms with Crippen molar-refractivity contribution in [3.05, 3.63) is 46.3 Å². The maximum atomic E-state index is 12.8. The summed E-state index contributed by atoms with van der Waals surface area (Å²) in [5.41, 5.74) is 6.49. The summed E-state index contributed by atoms with van der Waals surface area (Å²) < 4.78 is 2.01. The molecule has 1 aliphatic heterocycles. The average molecular weight is 375 g/mol. The number of nitrogens with one attached hydrogen (secondary N) is 2. The number of fused-ring (bicyclic) bond motifs is 1. The molecule has 1 fully saturated rings. The molecule has 1 aromatic heterocycles. The maximum absolute atomic E-state index is 12.8. The predicted octanol–water partition coefficient (Wildman–Crippen LogP) is 2.88. The van der Waals surface area contributed by atoms with E-state index < -0.39 is 0 Å². The lowest BCUT2D eigenvalue weighted by Gasteiger charge is -2.23. The van der Waals surface area contributed by atoms with E-state index in [-0.39, 0.29) is 24.4 Å². The van der Waals surface area contributed by atoms with E-state index in [4.69, 9.17) is 5.10 Å². The lowest BCUT2D eigenvalue weighted by Crippen LogP contribution is -2.45. The van der Waals surface area contributed by atoms with Gasteiger partial charge in [-0.25, -0.2) is 4.68 Å². The Kier molecular flexibility index (Phi) is 5.68. The Morgan fingerprint density at radius 2 is 2.12 bits per heavy atom. The Hall–Kier alpha value is -1.85. The topological polar surface area (TPSA) is 59.0 Å². The lowest BCUT2D eigenvalue weighted by molar-refractivity contribution is 0.0924. The van der Waals surface area contributed by atoms with Crippen molar-refractivity contribution in [2.24, 2.45) is 0 Å². The van der Waals surface area contributed by atoms with Gasteiger partial charge >= 0.3 is 0 Å². The third-order valence-electron chi connectivity index (χ3n) is 5.36. The Balaban J connectivity index is 0.00000196. The number of hydrogen-bond donors (Lipinski definition) is 2. The molecule has 1 saturated heterocycles. The van der Waals surface area contributed by atoms with E-state index in [9.17, 15) is 4.79 Å².